The quantitative estimate of drug-likeness (QED) is 0.434. The van der Waals surface area contributed by atoms with Gasteiger partial charge in [-0.05, 0) is 37.8 Å². The van der Waals surface area contributed by atoms with Crippen LogP contribution in [0.15, 0.2) is 23.3 Å². The summed E-state index contributed by atoms with van der Waals surface area (Å²) in [4.78, 5) is 11.3. The van der Waals surface area contributed by atoms with E-state index in [1.807, 2.05) is 13.1 Å². The molecule has 0 amide bonds. The highest BCUT2D eigenvalue weighted by atomic mass is 16.5. The lowest BCUT2D eigenvalue weighted by Gasteiger charge is -2.21. The van der Waals surface area contributed by atoms with Crippen LogP contribution in [0.4, 0.5) is 5.82 Å². The number of guanidine groups is 1. The van der Waals surface area contributed by atoms with Crippen molar-refractivity contribution in [2.24, 2.45) is 10.7 Å². The van der Waals surface area contributed by atoms with Crippen molar-refractivity contribution in [3.8, 4) is 0 Å². The van der Waals surface area contributed by atoms with E-state index in [2.05, 4.69) is 32.3 Å². The van der Waals surface area contributed by atoms with Gasteiger partial charge in [-0.25, -0.2) is 9.98 Å². The van der Waals surface area contributed by atoms with E-state index in [1.54, 1.807) is 0 Å². The molecule has 1 aromatic heterocycles. The lowest BCUT2D eigenvalue weighted by molar-refractivity contribution is 0.145. The van der Waals surface area contributed by atoms with Gasteiger partial charge in [0.15, 0.2) is 5.96 Å². The smallest absolute Gasteiger partial charge is 0.188 e. The molecule has 6 nitrogen and oxygen atoms in total. The molecule has 134 valence electrons. The molecule has 0 aliphatic carbocycles. The molecular weight excluding hydrogens is 302 g/mol. The predicted molar refractivity (Wildman–Crippen MR) is 99.4 cm³/mol. The average molecular weight is 333 g/mol. The SMILES string of the molecule is CCOCCCNC(N)=NCc1ccc(N2CCCCCC2)nc1. The lowest BCUT2D eigenvalue weighted by atomic mass is 10.2. The van der Waals surface area contributed by atoms with Gasteiger partial charge in [-0.1, -0.05) is 18.9 Å². The molecule has 0 unspecified atom stereocenters. The highest BCUT2D eigenvalue weighted by molar-refractivity contribution is 5.77. The minimum Gasteiger partial charge on any atom is -0.382 e. The van der Waals surface area contributed by atoms with Crippen molar-refractivity contribution in [1.29, 1.82) is 0 Å². The summed E-state index contributed by atoms with van der Waals surface area (Å²) in [5.41, 5.74) is 6.95. The molecule has 0 bridgehead atoms. The minimum absolute atomic E-state index is 0.475. The molecule has 0 aromatic carbocycles. The van der Waals surface area contributed by atoms with Crippen molar-refractivity contribution < 1.29 is 4.74 Å². The van der Waals surface area contributed by atoms with Gasteiger partial charge >= 0.3 is 0 Å². The van der Waals surface area contributed by atoms with Crippen LogP contribution in [-0.2, 0) is 11.3 Å². The Labute approximate surface area is 145 Å². The van der Waals surface area contributed by atoms with E-state index in [4.69, 9.17) is 10.5 Å². The van der Waals surface area contributed by atoms with E-state index in [0.717, 1.165) is 50.7 Å². The zero-order valence-electron chi connectivity index (χ0n) is 14.8. The number of rotatable bonds is 8. The van der Waals surface area contributed by atoms with Crippen LogP contribution in [0.3, 0.4) is 0 Å². The number of nitrogens with zero attached hydrogens (tertiary/aromatic N) is 3. The summed E-state index contributed by atoms with van der Waals surface area (Å²) in [6.45, 7) is 7.06. The number of pyridine rings is 1. The first-order chi connectivity index (χ1) is 11.8. The van der Waals surface area contributed by atoms with E-state index >= 15 is 0 Å². The minimum atomic E-state index is 0.475. The Balaban J connectivity index is 1.75. The second-order valence-corrected chi connectivity index (χ2v) is 6.10. The van der Waals surface area contributed by atoms with Crippen LogP contribution in [0.2, 0.25) is 0 Å². The van der Waals surface area contributed by atoms with Crippen molar-refractivity contribution in [2.75, 3.05) is 37.7 Å². The number of ether oxygens (including phenoxy) is 1. The van der Waals surface area contributed by atoms with E-state index in [9.17, 15) is 0 Å². The number of nitrogens with one attached hydrogen (secondary N) is 1. The standard InChI is InChI=1S/C18H31N5O/c1-2-24-13-7-10-20-18(19)22-15-16-8-9-17(21-14-16)23-11-5-3-4-6-12-23/h8-9,14H,2-7,10-13,15H2,1H3,(H3,19,20,22). The number of anilines is 1. The first kappa shape index (κ1) is 18.5. The maximum Gasteiger partial charge on any atom is 0.188 e. The Hall–Kier alpha value is -1.82. The Morgan fingerprint density at radius 2 is 2.08 bits per heavy atom. The van der Waals surface area contributed by atoms with Crippen molar-refractivity contribution in [3.05, 3.63) is 23.9 Å². The first-order valence-electron chi connectivity index (χ1n) is 9.11. The van der Waals surface area contributed by atoms with Crippen LogP contribution < -0.4 is 16.0 Å². The molecule has 1 aliphatic rings. The summed E-state index contributed by atoms with van der Waals surface area (Å²) in [6.07, 6.45) is 8.03. The fraction of sp³-hybridized carbons (Fsp3) is 0.667. The zero-order valence-corrected chi connectivity index (χ0v) is 14.8. The largest absolute Gasteiger partial charge is 0.382 e. The molecule has 0 saturated carbocycles. The Kier molecular flexibility index (Phi) is 8.38. The van der Waals surface area contributed by atoms with Crippen LogP contribution >= 0.6 is 0 Å². The van der Waals surface area contributed by atoms with Crippen molar-refractivity contribution in [1.82, 2.24) is 10.3 Å². The molecule has 1 aliphatic heterocycles. The number of aliphatic imine (C=N–C) groups is 1. The van der Waals surface area contributed by atoms with Crippen LogP contribution in [0.25, 0.3) is 0 Å². The topological polar surface area (TPSA) is 75.8 Å². The molecule has 24 heavy (non-hydrogen) atoms. The van der Waals surface area contributed by atoms with Gasteiger partial charge in [-0.2, -0.15) is 0 Å². The normalized spacial score (nSPS) is 16.0. The Morgan fingerprint density at radius 1 is 1.29 bits per heavy atom. The van der Waals surface area contributed by atoms with E-state index in [1.165, 1.54) is 25.7 Å². The van der Waals surface area contributed by atoms with E-state index < -0.39 is 0 Å². The molecule has 0 atom stereocenters. The van der Waals surface area contributed by atoms with Crippen molar-refractivity contribution in [3.63, 3.8) is 0 Å². The summed E-state index contributed by atoms with van der Waals surface area (Å²) in [6, 6.07) is 4.20. The Bertz CT molecular complexity index is 481. The summed E-state index contributed by atoms with van der Waals surface area (Å²) < 4.78 is 5.28. The van der Waals surface area contributed by atoms with Crippen molar-refractivity contribution >= 4 is 11.8 Å². The highest BCUT2D eigenvalue weighted by Gasteiger charge is 2.10. The summed E-state index contributed by atoms with van der Waals surface area (Å²) in [5.74, 6) is 1.55. The summed E-state index contributed by atoms with van der Waals surface area (Å²) in [7, 11) is 0. The molecule has 1 fully saturated rings. The highest BCUT2D eigenvalue weighted by Crippen LogP contribution is 2.17. The third-order valence-electron chi connectivity index (χ3n) is 4.15. The van der Waals surface area contributed by atoms with Gasteiger partial charge in [-0.3, -0.25) is 0 Å². The molecule has 6 heteroatoms. The van der Waals surface area contributed by atoms with Gasteiger partial charge in [0.1, 0.15) is 5.82 Å². The molecule has 1 aromatic rings. The van der Waals surface area contributed by atoms with Crippen LogP contribution in [0, 0.1) is 0 Å². The molecule has 3 N–H and O–H groups in total. The second-order valence-electron chi connectivity index (χ2n) is 6.10. The monoisotopic (exact) mass is 333 g/mol. The fourth-order valence-electron chi connectivity index (χ4n) is 2.76. The van der Waals surface area contributed by atoms with E-state index in [-0.39, 0.29) is 0 Å². The third kappa shape index (κ3) is 6.74. The molecule has 0 radical (unpaired) electrons. The van der Waals surface area contributed by atoms with Gasteiger partial charge in [0.2, 0.25) is 0 Å². The number of hydrogen-bond donors (Lipinski definition) is 2. The zero-order chi connectivity index (χ0) is 17.0. The number of nitrogens with two attached hydrogens (primary N) is 1. The molecule has 2 rings (SSSR count). The number of aromatic nitrogens is 1. The Morgan fingerprint density at radius 3 is 2.75 bits per heavy atom. The van der Waals surface area contributed by atoms with Gasteiger partial charge in [0, 0.05) is 39.0 Å². The van der Waals surface area contributed by atoms with Gasteiger partial charge in [0.25, 0.3) is 0 Å². The summed E-state index contributed by atoms with van der Waals surface area (Å²) in [5, 5.41) is 3.10. The second kappa shape index (κ2) is 10.9. The van der Waals surface area contributed by atoms with Gasteiger partial charge < -0.3 is 20.7 Å². The van der Waals surface area contributed by atoms with Crippen LogP contribution in [0.1, 0.15) is 44.6 Å². The number of hydrogen-bond acceptors (Lipinski definition) is 4. The van der Waals surface area contributed by atoms with Gasteiger partial charge in [0.05, 0.1) is 6.54 Å². The molecule has 0 spiro atoms. The van der Waals surface area contributed by atoms with Crippen LogP contribution in [-0.4, -0.2) is 43.8 Å². The third-order valence-corrected chi connectivity index (χ3v) is 4.15. The van der Waals surface area contributed by atoms with Gasteiger partial charge in [-0.15, -0.1) is 0 Å². The maximum atomic E-state index is 5.87. The maximum absolute atomic E-state index is 5.87. The van der Waals surface area contributed by atoms with E-state index in [0.29, 0.717) is 12.5 Å². The molecule has 2 heterocycles. The van der Waals surface area contributed by atoms with Crippen LogP contribution in [0.5, 0.6) is 0 Å². The first-order valence-corrected chi connectivity index (χ1v) is 9.11. The summed E-state index contributed by atoms with van der Waals surface area (Å²) >= 11 is 0. The molecule has 1 saturated heterocycles. The average Bonchev–Trinajstić information content (AvgIpc) is 2.90. The van der Waals surface area contributed by atoms with Crippen molar-refractivity contribution in [2.45, 2.75) is 45.6 Å². The molecular formula is C18H31N5O. The lowest BCUT2D eigenvalue weighted by Crippen LogP contribution is -2.32. The fourth-order valence-corrected chi connectivity index (χ4v) is 2.76. The predicted octanol–water partition coefficient (Wildman–Crippen LogP) is 2.29.